The fourth-order valence-electron chi connectivity index (χ4n) is 4.16. The maximum Gasteiger partial charge on any atom is 0.231 e. The van der Waals surface area contributed by atoms with Gasteiger partial charge < -0.3 is 9.47 Å². The Morgan fingerprint density at radius 1 is 1.12 bits per heavy atom. The predicted octanol–water partition coefficient (Wildman–Crippen LogP) is 5.94. The summed E-state index contributed by atoms with van der Waals surface area (Å²) < 4.78 is 39.2. The highest BCUT2D eigenvalue weighted by molar-refractivity contribution is 6.32. The van der Waals surface area contributed by atoms with Gasteiger partial charge >= 0.3 is 0 Å². The van der Waals surface area contributed by atoms with Crippen LogP contribution in [0.2, 0.25) is 5.02 Å². The average molecular weight is 468 g/mol. The lowest BCUT2D eigenvalue weighted by atomic mass is 9.99. The van der Waals surface area contributed by atoms with Crippen molar-refractivity contribution in [3.05, 3.63) is 98.8 Å². The summed E-state index contributed by atoms with van der Waals surface area (Å²) in [6.45, 7) is 3.58. The maximum absolute atomic E-state index is 14.2. The smallest absolute Gasteiger partial charge is 0.231 e. The van der Waals surface area contributed by atoms with Gasteiger partial charge in [-0.1, -0.05) is 29.8 Å². The van der Waals surface area contributed by atoms with Crippen LogP contribution in [0.5, 0.6) is 11.5 Å². The summed E-state index contributed by atoms with van der Waals surface area (Å²) in [5.41, 5.74) is 3.20. The quantitative estimate of drug-likeness (QED) is 0.445. The Hall–Kier alpha value is -3.22. The van der Waals surface area contributed by atoms with Gasteiger partial charge in [-0.2, -0.15) is 0 Å². The minimum Gasteiger partial charge on any atom is -0.477 e. The molecule has 3 aromatic rings. The number of hydrogen-bond acceptors (Lipinski definition) is 4. The van der Waals surface area contributed by atoms with Crippen molar-refractivity contribution in [2.75, 3.05) is 13.3 Å². The molecule has 168 valence electrons. The lowest BCUT2D eigenvalue weighted by Gasteiger charge is -2.30. The van der Waals surface area contributed by atoms with Crippen LogP contribution in [0.15, 0.2) is 54.3 Å². The number of hydrogen-bond donors (Lipinski definition) is 0. The third-order valence-corrected chi connectivity index (χ3v) is 6.24. The van der Waals surface area contributed by atoms with Gasteiger partial charge in [0, 0.05) is 29.8 Å². The molecule has 4 nitrogen and oxygen atoms in total. The second kappa shape index (κ2) is 8.61. The molecule has 0 saturated carbocycles. The summed E-state index contributed by atoms with van der Waals surface area (Å²) >= 11 is 6.10. The molecule has 2 aliphatic heterocycles. The van der Waals surface area contributed by atoms with Crippen molar-refractivity contribution in [1.82, 2.24) is 4.90 Å². The third-order valence-electron chi connectivity index (χ3n) is 5.91. The van der Waals surface area contributed by atoms with Crippen molar-refractivity contribution in [3.8, 4) is 11.5 Å². The number of ether oxygens (including phenoxy) is 2. The zero-order valence-corrected chi connectivity index (χ0v) is 18.6. The van der Waals surface area contributed by atoms with Crippen LogP contribution in [-0.2, 0) is 13.0 Å². The molecule has 0 bridgehead atoms. The third kappa shape index (κ3) is 4.12. The van der Waals surface area contributed by atoms with Gasteiger partial charge in [-0.25, -0.2) is 8.78 Å². The largest absolute Gasteiger partial charge is 0.477 e. The van der Waals surface area contributed by atoms with Gasteiger partial charge in [0.2, 0.25) is 5.78 Å². The number of nitrogens with zero attached hydrogens (tertiary/aromatic N) is 1. The molecule has 3 aromatic carbocycles. The van der Waals surface area contributed by atoms with Gasteiger partial charge in [-0.3, -0.25) is 9.69 Å². The summed E-state index contributed by atoms with van der Waals surface area (Å²) in [4.78, 5) is 15.2. The van der Waals surface area contributed by atoms with Crippen molar-refractivity contribution >= 4 is 23.5 Å². The number of rotatable bonds is 4. The highest BCUT2D eigenvalue weighted by Crippen LogP contribution is 2.43. The van der Waals surface area contributed by atoms with E-state index in [1.165, 1.54) is 30.3 Å². The lowest BCUT2D eigenvalue weighted by molar-refractivity contribution is 0.0954. The van der Waals surface area contributed by atoms with E-state index in [1.54, 1.807) is 24.3 Å². The van der Waals surface area contributed by atoms with Gasteiger partial charge in [0.1, 0.15) is 29.9 Å². The van der Waals surface area contributed by atoms with Crippen LogP contribution in [-0.4, -0.2) is 24.0 Å². The Morgan fingerprint density at radius 2 is 1.91 bits per heavy atom. The van der Waals surface area contributed by atoms with Crippen LogP contribution < -0.4 is 9.47 Å². The second-order valence-corrected chi connectivity index (χ2v) is 8.55. The minimum absolute atomic E-state index is 0.0237. The molecule has 0 aromatic heterocycles. The number of carbonyl (C=O) groups is 1. The topological polar surface area (TPSA) is 38.8 Å². The lowest BCUT2D eigenvalue weighted by Crippen LogP contribution is -2.34. The van der Waals surface area contributed by atoms with Crippen molar-refractivity contribution in [1.29, 1.82) is 0 Å². The van der Waals surface area contributed by atoms with Gasteiger partial charge in [0.05, 0.1) is 10.6 Å². The van der Waals surface area contributed by atoms with Crippen LogP contribution in [0.1, 0.15) is 32.6 Å². The standard InChI is InChI=1S/C26H20ClF2NO3/c1-15-25-17(13-30(14-32-25)10-9-16-5-7-18(28)8-6-16)11-20-24(31)23(33-26(15)20)12-19-21(27)3-2-4-22(19)29/h2-8,11-12H,9-10,13-14H2,1H3/b23-12-. The summed E-state index contributed by atoms with van der Waals surface area (Å²) in [6, 6.07) is 12.6. The molecule has 0 atom stereocenters. The first-order valence-corrected chi connectivity index (χ1v) is 10.9. The van der Waals surface area contributed by atoms with Crippen LogP contribution in [0, 0.1) is 18.6 Å². The SMILES string of the molecule is Cc1c2c(cc3c1O/C(=C\c1c(F)cccc1Cl)C3=O)CN(CCc1ccc(F)cc1)CO2. The van der Waals surface area contributed by atoms with Gasteiger partial charge in [-0.15, -0.1) is 0 Å². The zero-order chi connectivity index (χ0) is 23.1. The molecule has 0 unspecified atom stereocenters. The van der Waals surface area contributed by atoms with E-state index in [1.807, 2.05) is 6.92 Å². The molecule has 0 saturated heterocycles. The van der Waals surface area contributed by atoms with E-state index in [0.29, 0.717) is 30.3 Å². The summed E-state index contributed by atoms with van der Waals surface area (Å²) in [7, 11) is 0. The molecular weight excluding hydrogens is 448 g/mol. The minimum atomic E-state index is -0.529. The molecule has 0 spiro atoms. The van der Waals surface area contributed by atoms with Crippen molar-refractivity contribution < 1.29 is 23.0 Å². The zero-order valence-electron chi connectivity index (χ0n) is 17.8. The van der Waals surface area contributed by atoms with Crippen molar-refractivity contribution in [2.24, 2.45) is 0 Å². The number of carbonyl (C=O) groups excluding carboxylic acids is 1. The van der Waals surface area contributed by atoms with Gasteiger partial charge in [-0.05, 0) is 55.3 Å². The maximum atomic E-state index is 14.2. The number of halogens is 3. The molecule has 2 aliphatic rings. The van der Waals surface area contributed by atoms with E-state index in [4.69, 9.17) is 21.1 Å². The van der Waals surface area contributed by atoms with Gasteiger partial charge in [0.15, 0.2) is 5.76 Å². The van der Waals surface area contributed by atoms with E-state index in [2.05, 4.69) is 4.90 Å². The Labute approximate surface area is 195 Å². The van der Waals surface area contributed by atoms with Crippen molar-refractivity contribution in [3.63, 3.8) is 0 Å². The summed E-state index contributed by atoms with van der Waals surface area (Å²) in [6.07, 6.45) is 2.09. The van der Waals surface area contributed by atoms with E-state index in [-0.39, 0.29) is 27.9 Å². The highest BCUT2D eigenvalue weighted by atomic mass is 35.5. The Kier molecular flexibility index (Phi) is 5.64. The average Bonchev–Trinajstić information content (AvgIpc) is 3.11. The van der Waals surface area contributed by atoms with Crippen LogP contribution >= 0.6 is 11.6 Å². The Balaban J connectivity index is 1.38. The number of ketones is 1. The monoisotopic (exact) mass is 467 g/mol. The molecule has 0 radical (unpaired) electrons. The molecule has 0 aliphatic carbocycles. The Morgan fingerprint density at radius 3 is 2.67 bits per heavy atom. The first kappa shape index (κ1) is 21.6. The molecule has 5 rings (SSSR count). The van der Waals surface area contributed by atoms with E-state index in [0.717, 1.165) is 29.7 Å². The molecule has 0 fully saturated rings. The summed E-state index contributed by atoms with van der Waals surface area (Å²) in [5, 5.41) is 0.200. The van der Waals surface area contributed by atoms with Crippen LogP contribution in [0.4, 0.5) is 8.78 Å². The molecule has 0 N–H and O–H groups in total. The fraction of sp³-hybridized carbons (Fsp3) is 0.192. The highest BCUT2D eigenvalue weighted by Gasteiger charge is 2.34. The predicted molar refractivity (Wildman–Crippen MR) is 122 cm³/mol. The molecule has 33 heavy (non-hydrogen) atoms. The van der Waals surface area contributed by atoms with E-state index >= 15 is 0 Å². The van der Waals surface area contributed by atoms with Crippen LogP contribution in [0.3, 0.4) is 0 Å². The van der Waals surface area contributed by atoms with Crippen LogP contribution in [0.25, 0.3) is 6.08 Å². The number of Topliss-reactive ketones (excluding diaryl/α,β-unsaturated/α-hetero) is 1. The number of fused-ring (bicyclic) bond motifs is 2. The molecule has 0 amide bonds. The summed E-state index contributed by atoms with van der Waals surface area (Å²) in [5.74, 6) is 0.0469. The molecule has 7 heteroatoms. The fourth-order valence-corrected chi connectivity index (χ4v) is 4.38. The molecular formula is C26H20ClF2NO3. The van der Waals surface area contributed by atoms with Crippen molar-refractivity contribution in [2.45, 2.75) is 19.9 Å². The van der Waals surface area contributed by atoms with Gasteiger partial charge in [0.25, 0.3) is 0 Å². The number of allylic oxidation sites excluding steroid dienone is 1. The first-order valence-electron chi connectivity index (χ1n) is 10.5. The Bertz CT molecular complexity index is 1270. The molecule has 2 heterocycles. The second-order valence-electron chi connectivity index (χ2n) is 8.14. The number of benzene rings is 3. The van der Waals surface area contributed by atoms with E-state index in [9.17, 15) is 13.6 Å². The first-order chi connectivity index (χ1) is 15.9. The van der Waals surface area contributed by atoms with E-state index < -0.39 is 5.82 Å². The normalized spacial score (nSPS) is 16.4.